The number of nitrogens with one attached hydrogen (secondary N) is 1. The van der Waals surface area contributed by atoms with E-state index in [1.807, 2.05) is 0 Å². The minimum atomic E-state index is -0.568. The van der Waals surface area contributed by atoms with Crippen LogP contribution in [0.25, 0.3) is 0 Å². The molecule has 2 N–H and O–H groups in total. The Labute approximate surface area is 104 Å². The zero-order chi connectivity index (χ0) is 12.7. The molecule has 100 valence electrons. The fourth-order valence-electron chi connectivity index (χ4n) is 2.41. The second-order valence-electron chi connectivity index (χ2n) is 5.08. The zero-order valence-corrected chi connectivity index (χ0v) is 11.0. The van der Waals surface area contributed by atoms with E-state index in [-0.39, 0.29) is 5.97 Å². The Morgan fingerprint density at radius 2 is 2.12 bits per heavy atom. The third-order valence-electron chi connectivity index (χ3n) is 3.80. The number of rotatable bonds is 6. The van der Waals surface area contributed by atoms with Crippen molar-refractivity contribution in [2.24, 2.45) is 5.92 Å². The lowest BCUT2D eigenvalue weighted by Gasteiger charge is -2.36. The first-order valence-electron chi connectivity index (χ1n) is 6.59. The van der Waals surface area contributed by atoms with Gasteiger partial charge >= 0.3 is 5.97 Å². The Morgan fingerprint density at radius 1 is 1.47 bits per heavy atom. The lowest BCUT2D eigenvalue weighted by Crippen LogP contribution is -2.44. The third kappa shape index (κ3) is 5.04. The zero-order valence-electron chi connectivity index (χ0n) is 11.0. The van der Waals surface area contributed by atoms with Gasteiger partial charge in [0.1, 0.15) is 0 Å². The molecule has 4 nitrogen and oxygen atoms in total. The molecule has 1 fully saturated rings. The molecule has 1 saturated carbocycles. The quantitative estimate of drug-likeness (QED) is 0.548. The average Bonchev–Trinajstić information content (AvgIpc) is 2.35. The van der Waals surface area contributed by atoms with Gasteiger partial charge in [0.2, 0.25) is 0 Å². The van der Waals surface area contributed by atoms with E-state index in [1.165, 1.54) is 13.5 Å². The van der Waals surface area contributed by atoms with Gasteiger partial charge in [0, 0.05) is 13.1 Å². The van der Waals surface area contributed by atoms with Gasteiger partial charge in [-0.05, 0) is 31.6 Å². The molecule has 1 rings (SSSR count). The standard InChI is InChI=1S/C13H25NO3/c1-3-11-4-7-13(16,8-5-11)10-14-9-6-12(15)17-2/h11,14,16H,3-10H2,1-2H3. The summed E-state index contributed by atoms with van der Waals surface area (Å²) in [6.07, 6.45) is 5.56. The molecule has 0 unspecified atom stereocenters. The summed E-state index contributed by atoms with van der Waals surface area (Å²) in [5, 5.41) is 13.5. The highest BCUT2D eigenvalue weighted by Gasteiger charge is 2.31. The van der Waals surface area contributed by atoms with E-state index in [4.69, 9.17) is 0 Å². The summed E-state index contributed by atoms with van der Waals surface area (Å²) in [4.78, 5) is 10.9. The second kappa shape index (κ2) is 6.97. The molecule has 0 spiro atoms. The SMILES string of the molecule is CCC1CCC(O)(CNCCC(=O)OC)CC1. The summed E-state index contributed by atoms with van der Waals surface area (Å²) in [5.74, 6) is 0.574. The molecular formula is C13H25NO3. The number of carbonyl (C=O) groups excluding carboxylic acids is 1. The van der Waals surface area contributed by atoms with Crippen molar-refractivity contribution in [3.8, 4) is 0 Å². The van der Waals surface area contributed by atoms with E-state index in [1.54, 1.807) is 0 Å². The minimum absolute atomic E-state index is 0.209. The van der Waals surface area contributed by atoms with Crippen molar-refractivity contribution in [2.75, 3.05) is 20.2 Å². The molecule has 1 aliphatic carbocycles. The van der Waals surface area contributed by atoms with Crippen LogP contribution in [0.5, 0.6) is 0 Å². The summed E-state index contributed by atoms with van der Waals surface area (Å²) < 4.78 is 4.55. The van der Waals surface area contributed by atoms with Crippen LogP contribution in [0.4, 0.5) is 0 Å². The Balaban J connectivity index is 2.16. The van der Waals surface area contributed by atoms with Gasteiger partial charge in [0.25, 0.3) is 0 Å². The highest BCUT2D eigenvalue weighted by molar-refractivity contribution is 5.69. The smallest absolute Gasteiger partial charge is 0.306 e. The van der Waals surface area contributed by atoms with Crippen LogP contribution < -0.4 is 5.32 Å². The Kier molecular flexibility index (Phi) is 5.92. The van der Waals surface area contributed by atoms with Crippen molar-refractivity contribution in [1.82, 2.24) is 5.32 Å². The third-order valence-corrected chi connectivity index (χ3v) is 3.80. The van der Waals surface area contributed by atoms with Crippen LogP contribution in [0.2, 0.25) is 0 Å². The van der Waals surface area contributed by atoms with Crippen molar-refractivity contribution in [2.45, 2.75) is 51.0 Å². The molecular weight excluding hydrogens is 218 g/mol. The molecule has 0 bridgehead atoms. The van der Waals surface area contributed by atoms with Crippen LogP contribution in [0.1, 0.15) is 45.4 Å². The fraction of sp³-hybridized carbons (Fsp3) is 0.923. The van der Waals surface area contributed by atoms with Gasteiger partial charge in [-0.1, -0.05) is 13.3 Å². The van der Waals surface area contributed by atoms with Crippen molar-refractivity contribution in [1.29, 1.82) is 0 Å². The van der Waals surface area contributed by atoms with Gasteiger partial charge < -0.3 is 15.2 Å². The topological polar surface area (TPSA) is 58.6 Å². The van der Waals surface area contributed by atoms with Gasteiger partial charge in [0.05, 0.1) is 19.1 Å². The maximum Gasteiger partial charge on any atom is 0.306 e. The van der Waals surface area contributed by atoms with Crippen LogP contribution in [0.15, 0.2) is 0 Å². The monoisotopic (exact) mass is 243 g/mol. The van der Waals surface area contributed by atoms with Gasteiger partial charge in [-0.25, -0.2) is 0 Å². The molecule has 0 aromatic rings. The second-order valence-corrected chi connectivity index (χ2v) is 5.08. The molecule has 4 heteroatoms. The minimum Gasteiger partial charge on any atom is -0.469 e. The first kappa shape index (κ1) is 14.5. The molecule has 17 heavy (non-hydrogen) atoms. The molecule has 0 heterocycles. The van der Waals surface area contributed by atoms with Crippen LogP contribution >= 0.6 is 0 Å². The summed E-state index contributed by atoms with van der Waals surface area (Å²) in [7, 11) is 1.39. The Morgan fingerprint density at radius 3 is 2.65 bits per heavy atom. The number of carbonyl (C=O) groups is 1. The first-order chi connectivity index (χ1) is 8.09. The van der Waals surface area contributed by atoms with E-state index in [0.717, 1.165) is 31.6 Å². The van der Waals surface area contributed by atoms with Crippen LogP contribution in [-0.4, -0.2) is 36.9 Å². The maximum absolute atomic E-state index is 10.9. The number of hydrogen-bond donors (Lipinski definition) is 2. The highest BCUT2D eigenvalue weighted by Crippen LogP contribution is 2.33. The van der Waals surface area contributed by atoms with Crippen LogP contribution in [-0.2, 0) is 9.53 Å². The molecule has 0 aliphatic heterocycles. The number of aliphatic hydroxyl groups is 1. The Hall–Kier alpha value is -0.610. The van der Waals surface area contributed by atoms with E-state index in [2.05, 4.69) is 17.0 Å². The molecule has 0 aromatic carbocycles. The molecule has 1 aliphatic rings. The number of esters is 1. The van der Waals surface area contributed by atoms with Gasteiger partial charge in [-0.2, -0.15) is 0 Å². The van der Waals surface area contributed by atoms with Crippen LogP contribution in [0.3, 0.4) is 0 Å². The maximum atomic E-state index is 10.9. The number of hydrogen-bond acceptors (Lipinski definition) is 4. The average molecular weight is 243 g/mol. The normalized spacial score (nSPS) is 29.0. The van der Waals surface area contributed by atoms with Gasteiger partial charge in [-0.3, -0.25) is 4.79 Å². The predicted molar refractivity (Wildman–Crippen MR) is 66.7 cm³/mol. The van der Waals surface area contributed by atoms with E-state index >= 15 is 0 Å². The fourth-order valence-corrected chi connectivity index (χ4v) is 2.41. The van der Waals surface area contributed by atoms with Crippen molar-refractivity contribution < 1.29 is 14.6 Å². The van der Waals surface area contributed by atoms with Crippen molar-refractivity contribution in [3.05, 3.63) is 0 Å². The van der Waals surface area contributed by atoms with Crippen molar-refractivity contribution in [3.63, 3.8) is 0 Å². The predicted octanol–water partition coefficient (Wildman–Crippen LogP) is 1.47. The molecule has 0 radical (unpaired) electrons. The van der Waals surface area contributed by atoms with Crippen molar-refractivity contribution >= 4 is 5.97 Å². The summed E-state index contributed by atoms with van der Waals surface area (Å²) in [5.41, 5.74) is -0.568. The van der Waals surface area contributed by atoms with Gasteiger partial charge in [-0.15, -0.1) is 0 Å². The lowest BCUT2D eigenvalue weighted by molar-refractivity contribution is -0.140. The summed E-state index contributed by atoms with van der Waals surface area (Å²) in [6, 6.07) is 0. The molecule has 0 amide bonds. The lowest BCUT2D eigenvalue weighted by atomic mass is 9.78. The summed E-state index contributed by atoms with van der Waals surface area (Å²) in [6.45, 7) is 3.37. The van der Waals surface area contributed by atoms with Gasteiger partial charge in [0.15, 0.2) is 0 Å². The number of ether oxygens (including phenoxy) is 1. The number of methoxy groups -OCH3 is 1. The molecule has 0 saturated heterocycles. The van der Waals surface area contributed by atoms with E-state index in [0.29, 0.717) is 19.5 Å². The van der Waals surface area contributed by atoms with Crippen LogP contribution in [0, 0.1) is 5.92 Å². The molecule has 0 aromatic heterocycles. The largest absolute Gasteiger partial charge is 0.469 e. The summed E-state index contributed by atoms with van der Waals surface area (Å²) >= 11 is 0. The first-order valence-corrected chi connectivity index (χ1v) is 6.59. The Bertz CT molecular complexity index is 235. The molecule has 0 atom stereocenters. The highest BCUT2D eigenvalue weighted by atomic mass is 16.5. The van der Waals surface area contributed by atoms with E-state index < -0.39 is 5.60 Å². The van der Waals surface area contributed by atoms with E-state index in [9.17, 15) is 9.90 Å².